The molecule has 1 aliphatic heterocycles. The molecule has 1 aromatic heterocycles. The average Bonchev–Trinajstić information content (AvgIpc) is 3.11. The number of nitrogens with zero attached hydrogens (tertiary/aromatic N) is 1. The second-order valence-corrected chi connectivity index (χ2v) is 6.96. The monoisotopic (exact) mass is 292 g/mol. The zero-order valence-electron chi connectivity index (χ0n) is 12.2. The lowest BCUT2D eigenvalue weighted by molar-refractivity contribution is -0.128. The summed E-state index contributed by atoms with van der Waals surface area (Å²) in [7, 11) is 0. The Bertz CT molecular complexity index is 437. The first kappa shape index (κ1) is 14.1. The molecule has 1 aliphatic carbocycles. The molecule has 1 aromatic rings. The van der Waals surface area contributed by atoms with Crippen molar-refractivity contribution in [1.29, 1.82) is 0 Å². The summed E-state index contributed by atoms with van der Waals surface area (Å²) in [6.07, 6.45) is 6.70. The molecule has 2 aliphatic rings. The highest BCUT2D eigenvalue weighted by atomic mass is 32.1. The van der Waals surface area contributed by atoms with Crippen molar-refractivity contribution in [2.45, 2.75) is 45.2 Å². The van der Waals surface area contributed by atoms with Gasteiger partial charge in [0.25, 0.3) is 0 Å². The first-order valence-electron chi connectivity index (χ1n) is 7.83. The molecule has 1 atom stereocenters. The van der Waals surface area contributed by atoms with E-state index in [4.69, 9.17) is 0 Å². The van der Waals surface area contributed by atoms with Crippen LogP contribution in [0.5, 0.6) is 0 Å². The number of rotatable bonds is 4. The predicted molar refractivity (Wildman–Crippen MR) is 82.5 cm³/mol. The molecule has 1 N–H and O–H groups in total. The third kappa shape index (κ3) is 2.91. The van der Waals surface area contributed by atoms with Gasteiger partial charge in [0.05, 0.1) is 6.54 Å². The van der Waals surface area contributed by atoms with Crippen LogP contribution in [0.3, 0.4) is 0 Å². The van der Waals surface area contributed by atoms with Gasteiger partial charge in [0.15, 0.2) is 0 Å². The van der Waals surface area contributed by atoms with E-state index in [1.807, 2.05) is 0 Å². The fourth-order valence-corrected chi connectivity index (χ4v) is 4.25. The number of hydrogen-bond acceptors (Lipinski definition) is 3. The highest BCUT2D eigenvalue weighted by molar-refractivity contribution is 7.07. The van der Waals surface area contributed by atoms with E-state index >= 15 is 0 Å². The molecule has 4 heteroatoms. The third-order valence-electron chi connectivity index (χ3n) is 4.94. The van der Waals surface area contributed by atoms with Crippen LogP contribution in [-0.2, 0) is 4.79 Å². The lowest BCUT2D eigenvalue weighted by Gasteiger charge is -2.33. The molecule has 1 saturated heterocycles. The first-order chi connectivity index (χ1) is 9.78. The van der Waals surface area contributed by atoms with Crippen LogP contribution in [0.15, 0.2) is 16.8 Å². The Morgan fingerprint density at radius 2 is 2.05 bits per heavy atom. The van der Waals surface area contributed by atoms with E-state index in [2.05, 4.69) is 34.0 Å². The van der Waals surface area contributed by atoms with Crippen molar-refractivity contribution in [3.63, 3.8) is 0 Å². The summed E-state index contributed by atoms with van der Waals surface area (Å²) >= 11 is 1.70. The molecule has 0 spiro atoms. The van der Waals surface area contributed by atoms with Crippen LogP contribution in [0.25, 0.3) is 0 Å². The Balaban J connectivity index is 1.62. The zero-order chi connectivity index (χ0) is 13.9. The van der Waals surface area contributed by atoms with E-state index in [0.29, 0.717) is 12.5 Å². The largest absolute Gasteiger partial charge is 0.322 e. The number of nitrogens with one attached hydrogen (secondary N) is 1. The molecule has 2 fully saturated rings. The molecule has 0 bridgehead atoms. The fourth-order valence-electron chi connectivity index (χ4n) is 3.58. The minimum absolute atomic E-state index is 0.109. The smallest absolute Gasteiger partial charge is 0.238 e. The van der Waals surface area contributed by atoms with Crippen molar-refractivity contribution in [2.24, 2.45) is 11.8 Å². The van der Waals surface area contributed by atoms with Gasteiger partial charge < -0.3 is 4.90 Å². The number of amides is 1. The van der Waals surface area contributed by atoms with Gasteiger partial charge in [0, 0.05) is 6.54 Å². The maximum absolute atomic E-state index is 12.1. The van der Waals surface area contributed by atoms with Gasteiger partial charge in [-0.05, 0) is 47.1 Å². The Hall–Kier alpha value is -0.870. The van der Waals surface area contributed by atoms with E-state index in [-0.39, 0.29) is 12.1 Å². The van der Waals surface area contributed by atoms with E-state index in [9.17, 15) is 4.79 Å². The summed E-state index contributed by atoms with van der Waals surface area (Å²) in [5.41, 5.74) is 1.24. The van der Waals surface area contributed by atoms with Gasteiger partial charge in [-0.3, -0.25) is 10.1 Å². The highest BCUT2D eigenvalue weighted by Crippen LogP contribution is 2.33. The zero-order valence-corrected chi connectivity index (χ0v) is 13.0. The van der Waals surface area contributed by atoms with Crippen LogP contribution < -0.4 is 5.32 Å². The van der Waals surface area contributed by atoms with Crippen LogP contribution in [0, 0.1) is 11.8 Å². The molecule has 1 unspecified atom stereocenters. The standard InChI is InChI=1S/C16H24N2OS/c1-2-12-3-5-13(6-4-12)10-18-15(19)9-17-16(18)14-7-8-20-11-14/h7-8,11-13,16-17H,2-6,9-10H2,1H3. The van der Waals surface area contributed by atoms with Gasteiger partial charge in [-0.25, -0.2) is 0 Å². The summed E-state index contributed by atoms with van der Waals surface area (Å²) in [5, 5.41) is 7.59. The summed E-state index contributed by atoms with van der Waals surface area (Å²) in [6.45, 7) is 3.72. The molecule has 1 saturated carbocycles. The molecular formula is C16H24N2OS. The van der Waals surface area contributed by atoms with Crippen LogP contribution >= 0.6 is 11.3 Å². The average molecular weight is 292 g/mol. The maximum Gasteiger partial charge on any atom is 0.238 e. The van der Waals surface area contributed by atoms with Crippen LogP contribution in [0.2, 0.25) is 0 Å². The van der Waals surface area contributed by atoms with Crippen molar-refractivity contribution in [1.82, 2.24) is 10.2 Å². The Labute approximate surface area is 125 Å². The second-order valence-electron chi connectivity index (χ2n) is 6.18. The van der Waals surface area contributed by atoms with E-state index in [1.165, 1.54) is 37.7 Å². The van der Waals surface area contributed by atoms with Crippen molar-refractivity contribution in [2.75, 3.05) is 13.1 Å². The molecule has 0 radical (unpaired) electrons. The lowest BCUT2D eigenvalue weighted by atomic mass is 9.80. The van der Waals surface area contributed by atoms with Gasteiger partial charge in [0.2, 0.25) is 5.91 Å². The molecule has 3 nitrogen and oxygen atoms in total. The van der Waals surface area contributed by atoms with Gasteiger partial charge >= 0.3 is 0 Å². The Morgan fingerprint density at radius 3 is 2.70 bits per heavy atom. The Kier molecular flexibility index (Phi) is 4.41. The quantitative estimate of drug-likeness (QED) is 0.922. The Morgan fingerprint density at radius 1 is 1.30 bits per heavy atom. The summed E-state index contributed by atoms with van der Waals surface area (Å²) in [6, 6.07) is 2.13. The predicted octanol–water partition coefficient (Wildman–Crippen LogP) is 3.39. The van der Waals surface area contributed by atoms with Gasteiger partial charge in [-0.2, -0.15) is 11.3 Å². The first-order valence-corrected chi connectivity index (χ1v) is 8.77. The van der Waals surface area contributed by atoms with E-state index in [1.54, 1.807) is 11.3 Å². The topological polar surface area (TPSA) is 32.3 Å². The summed E-state index contributed by atoms with van der Waals surface area (Å²) < 4.78 is 0. The van der Waals surface area contributed by atoms with Gasteiger partial charge in [0.1, 0.15) is 6.17 Å². The summed E-state index contributed by atoms with van der Waals surface area (Å²) in [4.78, 5) is 14.2. The molecule has 0 aromatic carbocycles. The van der Waals surface area contributed by atoms with E-state index in [0.717, 1.165) is 12.5 Å². The van der Waals surface area contributed by atoms with Crippen molar-refractivity contribution in [3.8, 4) is 0 Å². The van der Waals surface area contributed by atoms with Crippen LogP contribution in [0.1, 0.15) is 50.8 Å². The SMILES string of the molecule is CCC1CCC(CN2C(=O)CNC2c2ccsc2)CC1. The number of carbonyl (C=O) groups is 1. The molecule has 20 heavy (non-hydrogen) atoms. The maximum atomic E-state index is 12.1. The lowest BCUT2D eigenvalue weighted by Crippen LogP contribution is -2.35. The van der Waals surface area contributed by atoms with Crippen LogP contribution in [-0.4, -0.2) is 23.9 Å². The number of hydrogen-bond donors (Lipinski definition) is 1. The summed E-state index contributed by atoms with van der Waals surface area (Å²) in [5.74, 6) is 1.88. The van der Waals surface area contributed by atoms with Gasteiger partial charge in [-0.1, -0.05) is 26.2 Å². The molecule has 1 amide bonds. The minimum atomic E-state index is 0.109. The van der Waals surface area contributed by atoms with Crippen molar-refractivity contribution in [3.05, 3.63) is 22.4 Å². The van der Waals surface area contributed by atoms with E-state index < -0.39 is 0 Å². The van der Waals surface area contributed by atoms with Crippen molar-refractivity contribution < 1.29 is 4.79 Å². The van der Waals surface area contributed by atoms with Gasteiger partial charge in [-0.15, -0.1) is 0 Å². The second kappa shape index (κ2) is 6.27. The minimum Gasteiger partial charge on any atom is -0.322 e. The normalized spacial score (nSPS) is 30.9. The molecular weight excluding hydrogens is 268 g/mol. The molecule has 2 heterocycles. The van der Waals surface area contributed by atoms with Crippen molar-refractivity contribution >= 4 is 17.2 Å². The third-order valence-corrected chi connectivity index (χ3v) is 5.64. The van der Waals surface area contributed by atoms with Crippen LogP contribution in [0.4, 0.5) is 0 Å². The number of thiophene rings is 1. The fraction of sp³-hybridized carbons (Fsp3) is 0.688. The highest BCUT2D eigenvalue weighted by Gasteiger charge is 2.34. The molecule has 110 valence electrons. The number of carbonyl (C=O) groups excluding carboxylic acids is 1. The molecule has 3 rings (SSSR count).